The van der Waals surface area contributed by atoms with E-state index >= 15 is 0 Å². The number of amides is 1. The van der Waals surface area contributed by atoms with Crippen LogP contribution in [0.4, 0.5) is 0 Å². The van der Waals surface area contributed by atoms with Gasteiger partial charge in [-0.25, -0.2) is 4.79 Å². The van der Waals surface area contributed by atoms with Gasteiger partial charge in [-0.3, -0.25) is 4.79 Å². The Balaban J connectivity index is 3.22. The lowest BCUT2D eigenvalue weighted by atomic mass is 10.3. The molecule has 1 amide bonds. The normalized spacial score (nSPS) is 9.93. The number of carboxylic acid groups (broad SMARTS) is 1. The molecule has 15 heavy (non-hydrogen) atoms. The predicted octanol–water partition coefficient (Wildman–Crippen LogP) is -0.370. The Morgan fingerprint density at radius 3 is 2.60 bits per heavy atom. The van der Waals surface area contributed by atoms with E-state index in [-0.39, 0.29) is 12.5 Å². The summed E-state index contributed by atoms with van der Waals surface area (Å²) in [5.74, 6) is -1.38. The predicted molar refractivity (Wildman–Crippen MR) is 52.6 cm³/mol. The molecule has 0 bridgehead atoms. The average molecular weight is 219 g/mol. The Bertz CT molecular complexity index is 195. The lowest BCUT2D eigenvalue weighted by molar-refractivity contribution is -0.143. The van der Waals surface area contributed by atoms with Crippen molar-refractivity contribution in [2.24, 2.45) is 0 Å². The van der Waals surface area contributed by atoms with Crippen molar-refractivity contribution in [3.63, 3.8) is 0 Å². The van der Waals surface area contributed by atoms with Crippen molar-refractivity contribution in [1.82, 2.24) is 5.32 Å². The molecular weight excluding hydrogens is 202 g/mol. The van der Waals surface area contributed by atoms with Gasteiger partial charge in [-0.15, -0.1) is 0 Å². The molecule has 0 aliphatic heterocycles. The summed E-state index contributed by atoms with van der Waals surface area (Å²) in [6.07, 6.45) is 1.71. The Morgan fingerprint density at radius 2 is 2.00 bits per heavy atom. The molecule has 0 aromatic rings. The van der Waals surface area contributed by atoms with Crippen molar-refractivity contribution in [3.05, 3.63) is 0 Å². The first-order chi connectivity index (χ1) is 7.16. The molecule has 0 spiro atoms. The van der Waals surface area contributed by atoms with Crippen molar-refractivity contribution in [2.45, 2.75) is 12.8 Å². The van der Waals surface area contributed by atoms with E-state index in [2.05, 4.69) is 10.1 Å². The molecule has 0 aromatic heterocycles. The van der Waals surface area contributed by atoms with Crippen LogP contribution in [0, 0.1) is 0 Å². The van der Waals surface area contributed by atoms with E-state index < -0.39 is 12.6 Å². The molecule has 2 N–H and O–H groups in total. The van der Waals surface area contributed by atoms with Gasteiger partial charge < -0.3 is 19.9 Å². The largest absolute Gasteiger partial charge is 0.480 e. The van der Waals surface area contributed by atoms with Gasteiger partial charge in [-0.2, -0.15) is 0 Å². The molecule has 0 aliphatic rings. The highest BCUT2D eigenvalue weighted by Crippen LogP contribution is 1.86. The second-order valence-electron chi connectivity index (χ2n) is 2.94. The van der Waals surface area contributed by atoms with E-state index in [1.807, 2.05) is 0 Å². The van der Waals surface area contributed by atoms with Crippen LogP contribution in [-0.4, -0.2) is 50.5 Å². The van der Waals surface area contributed by atoms with E-state index in [9.17, 15) is 9.59 Å². The Labute approximate surface area is 88.6 Å². The Hall–Kier alpha value is -1.14. The summed E-state index contributed by atoms with van der Waals surface area (Å²) in [5.41, 5.74) is 0. The van der Waals surface area contributed by atoms with E-state index in [1.54, 1.807) is 7.11 Å². The second-order valence-corrected chi connectivity index (χ2v) is 2.94. The minimum absolute atomic E-state index is 0.212. The van der Waals surface area contributed by atoms with Crippen LogP contribution in [0.25, 0.3) is 0 Å². The van der Waals surface area contributed by atoms with E-state index in [4.69, 9.17) is 9.84 Å². The SMILES string of the molecule is COCCCCNC(=O)COCC(=O)O. The summed E-state index contributed by atoms with van der Waals surface area (Å²) in [6.45, 7) is 0.567. The first-order valence-electron chi connectivity index (χ1n) is 4.72. The van der Waals surface area contributed by atoms with Crippen molar-refractivity contribution < 1.29 is 24.2 Å². The third-order valence-electron chi connectivity index (χ3n) is 1.56. The number of aliphatic carboxylic acids is 1. The molecule has 0 heterocycles. The summed E-state index contributed by atoms with van der Waals surface area (Å²) < 4.78 is 9.44. The highest BCUT2D eigenvalue weighted by Gasteiger charge is 2.02. The molecule has 0 fully saturated rings. The van der Waals surface area contributed by atoms with Gasteiger partial charge in [0.05, 0.1) is 0 Å². The molecule has 0 atom stereocenters. The van der Waals surface area contributed by atoms with Gasteiger partial charge in [-0.1, -0.05) is 0 Å². The molecule has 0 saturated heterocycles. The zero-order chi connectivity index (χ0) is 11.5. The monoisotopic (exact) mass is 219 g/mol. The standard InChI is InChI=1S/C9H17NO5/c1-14-5-3-2-4-10-8(11)6-15-7-9(12)13/h2-7H2,1H3,(H,10,11)(H,12,13). The molecule has 0 saturated carbocycles. The van der Waals surface area contributed by atoms with Gasteiger partial charge in [0.25, 0.3) is 0 Å². The topological polar surface area (TPSA) is 84.9 Å². The molecule has 0 aromatic carbocycles. The molecule has 0 rings (SSSR count). The maximum atomic E-state index is 11.0. The van der Waals surface area contributed by atoms with Crippen molar-refractivity contribution in [1.29, 1.82) is 0 Å². The summed E-state index contributed by atoms with van der Waals surface area (Å²) in [6, 6.07) is 0. The first-order valence-corrected chi connectivity index (χ1v) is 4.72. The zero-order valence-corrected chi connectivity index (χ0v) is 8.82. The highest BCUT2D eigenvalue weighted by atomic mass is 16.5. The van der Waals surface area contributed by atoms with Gasteiger partial charge in [0.15, 0.2) is 0 Å². The van der Waals surface area contributed by atoms with Gasteiger partial charge in [0.1, 0.15) is 13.2 Å². The number of rotatable bonds is 9. The third-order valence-corrected chi connectivity index (χ3v) is 1.56. The smallest absolute Gasteiger partial charge is 0.329 e. The van der Waals surface area contributed by atoms with Crippen molar-refractivity contribution >= 4 is 11.9 Å². The summed E-state index contributed by atoms with van der Waals surface area (Å²) in [5, 5.41) is 10.8. The van der Waals surface area contributed by atoms with Crippen LogP contribution in [0.15, 0.2) is 0 Å². The van der Waals surface area contributed by atoms with Gasteiger partial charge >= 0.3 is 5.97 Å². The number of hydrogen-bond donors (Lipinski definition) is 2. The fraction of sp³-hybridized carbons (Fsp3) is 0.778. The number of nitrogens with one attached hydrogen (secondary N) is 1. The lowest BCUT2D eigenvalue weighted by Crippen LogP contribution is -2.29. The Kier molecular flexibility index (Phi) is 8.70. The van der Waals surface area contributed by atoms with Crippen LogP contribution in [-0.2, 0) is 19.1 Å². The minimum Gasteiger partial charge on any atom is -0.480 e. The van der Waals surface area contributed by atoms with Crippen LogP contribution in [0.5, 0.6) is 0 Å². The van der Waals surface area contributed by atoms with Gasteiger partial charge in [-0.05, 0) is 12.8 Å². The first kappa shape index (κ1) is 13.9. The number of hydrogen-bond acceptors (Lipinski definition) is 4. The maximum Gasteiger partial charge on any atom is 0.329 e. The second kappa shape index (κ2) is 9.42. The van der Waals surface area contributed by atoms with Gasteiger partial charge in [0.2, 0.25) is 5.91 Å². The van der Waals surface area contributed by atoms with Crippen LogP contribution in [0.2, 0.25) is 0 Å². The Morgan fingerprint density at radius 1 is 1.27 bits per heavy atom. The average Bonchev–Trinajstić information content (AvgIpc) is 2.17. The molecule has 0 unspecified atom stereocenters. The van der Waals surface area contributed by atoms with Crippen LogP contribution >= 0.6 is 0 Å². The maximum absolute atomic E-state index is 11.0. The fourth-order valence-corrected chi connectivity index (χ4v) is 0.881. The number of carboxylic acids is 1. The van der Waals surface area contributed by atoms with Crippen LogP contribution < -0.4 is 5.32 Å². The zero-order valence-electron chi connectivity index (χ0n) is 8.82. The van der Waals surface area contributed by atoms with E-state index in [1.165, 1.54) is 0 Å². The quantitative estimate of drug-likeness (QED) is 0.517. The summed E-state index contributed by atoms with van der Waals surface area (Å²) >= 11 is 0. The van der Waals surface area contributed by atoms with Crippen molar-refractivity contribution in [3.8, 4) is 0 Å². The highest BCUT2D eigenvalue weighted by molar-refractivity contribution is 5.77. The van der Waals surface area contributed by atoms with Crippen LogP contribution in [0.3, 0.4) is 0 Å². The molecule has 6 heteroatoms. The lowest BCUT2D eigenvalue weighted by Gasteiger charge is -2.04. The fourth-order valence-electron chi connectivity index (χ4n) is 0.881. The number of unbranched alkanes of at least 4 members (excludes halogenated alkanes) is 1. The number of carbonyl (C=O) groups is 2. The molecule has 6 nitrogen and oxygen atoms in total. The van der Waals surface area contributed by atoms with Crippen molar-refractivity contribution in [2.75, 3.05) is 33.5 Å². The molecule has 0 radical (unpaired) electrons. The summed E-state index contributed by atoms with van der Waals surface area (Å²) in [7, 11) is 1.62. The minimum atomic E-state index is -1.08. The number of carbonyl (C=O) groups excluding carboxylic acids is 1. The number of methoxy groups -OCH3 is 1. The number of ether oxygens (including phenoxy) is 2. The summed E-state index contributed by atoms with van der Waals surface area (Å²) in [4.78, 5) is 21.0. The third kappa shape index (κ3) is 10.8. The van der Waals surface area contributed by atoms with E-state index in [0.29, 0.717) is 13.2 Å². The van der Waals surface area contributed by atoms with Crippen LogP contribution in [0.1, 0.15) is 12.8 Å². The molecule has 0 aliphatic carbocycles. The molecule has 88 valence electrons. The molecular formula is C9H17NO5. The van der Waals surface area contributed by atoms with E-state index in [0.717, 1.165) is 12.8 Å². The van der Waals surface area contributed by atoms with Gasteiger partial charge in [0, 0.05) is 20.3 Å².